The van der Waals surface area contributed by atoms with Gasteiger partial charge in [-0.15, -0.1) is 0 Å². The number of hydrogen-bond acceptors (Lipinski definition) is 2. The van der Waals surface area contributed by atoms with Gasteiger partial charge in [-0.1, -0.05) is 72.5 Å². The van der Waals surface area contributed by atoms with E-state index in [-0.39, 0.29) is 17.4 Å². The first-order valence-electron chi connectivity index (χ1n) is 10.5. The van der Waals surface area contributed by atoms with Crippen molar-refractivity contribution in [2.24, 2.45) is 15.9 Å². The van der Waals surface area contributed by atoms with Crippen molar-refractivity contribution < 1.29 is 9.90 Å². The Hall–Kier alpha value is -1.32. The second-order valence-corrected chi connectivity index (χ2v) is 9.31. The molecule has 27 heavy (non-hydrogen) atoms. The van der Waals surface area contributed by atoms with Crippen molar-refractivity contribution in [3.05, 3.63) is 22.6 Å². The van der Waals surface area contributed by atoms with E-state index in [1.165, 1.54) is 0 Å². The molecule has 0 saturated heterocycles. The minimum Gasteiger partial charge on any atom is -0.393 e. The van der Waals surface area contributed by atoms with Gasteiger partial charge in [0.05, 0.1) is 6.10 Å². The molecule has 0 spiro atoms. The van der Waals surface area contributed by atoms with Gasteiger partial charge < -0.3 is 5.11 Å². The van der Waals surface area contributed by atoms with E-state index in [0.717, 1.165) is 64.2 Å². The van der Waals surface area contributed by atoms with Gasteiger partial charge in [-0.2, -0.15) is 0 Å². The van der Waals surface area contributed by atoms with Crippen molar-refractivity contribution in [3.8, 4) is 0 Å². The number of carbonyl (C=O) groups is 1. The smallest absolute Gasteiger partial charge is 0.218 e. The van der Waals surface area contributed by atoms with Crippen LogP contribution in [0.5, 0.6) is 0 Å². The summed E-state index contributed by atoms with van der Waals surface area (Å²) in [5.74, 6) is -0.361. The van der Waals surface area contributed by atoms with Gasteiger partial charge in [0, 0.05) is 11.3 Å². The lowest BCUT2D eigenvalue weighted by atomic mass is 9.71. The van der Waals surface area contributed by atoms with Crippen LogP contribution in [0.2, 0.25) is 0 Å². The molecule has 0 fully saturated rings. The Kier molecular flexibility index (Phi) is 13.1. The van der Waals surface area contributed by atoms with Crippen LogP contribution >= 0.6 is 0 Å². The number of allylic oxidation sites excluding steroid dienone is 1. The summed E-state index contributed by atoms with van der Waals surface area (Å²) in [7, 11) is 0. The lowest BCUT2D eigenvalue weighted by Gasteiger charge is -2.35. The number of rotatable bonds is 15. The molecule has 1 amide bonds. The van der Waals surface area contributed by atoms with Crippen LogP contribution < -0.4 is 0 Å². The second-order valence-electron chi connectivity index (χ2n) is 9.31. The monoisotopic (exact) mass is 379 g/mol. The van der Waals surface area contributed by atoms with Gasteiger partial charge in [-0.05, 0) is 60.0 Å². The van der Waals surface area contributed by atoms with E-state index in [1.807, 2.05) is 0 Å². The average molecular weight is 380 g/mol. The highest BCUT2D eigenvalue weighted by molar-refractivity contribution is 5.76. The summed E-state index contributed by atoms with van der Waals surface area (Å²) in [5, 5.41) is 13.4. The molecular weight excluding hydrogens is 338 g/mol. The van der Waals surface area contributed by atoms with Crippen LogP contribution in [-0.4, -0.2) is 17.1 Å². The lowest BCUT2D eigenvalue weighted by molar-refractivity contribution is -0.118. The number of amides is 1. The number of azide groups is 1. The predicted molar refractivity (Wildman–Crippen MR) is 113 cm³/mol. The fourth-order valence-electron chi connectivity index (χ4n) is 3.75. The average Bonchev–Trinajstić information content (AvgIpc) is 2.55. The summed E-state index contributed by atoms with van der Waals surface area (Å²) in [5.41, 5.74) is 8.63. The minimum absolute atomic E-state index is 0.159. The van der Waals surface area contributed by atoms with Crippen LogP contribution in [0, 0.1) is 10.8 Å². The van der Waals surface area contributed by atoms with Gasteiger partial charge in [0.15, 0.2) is 0 Å². The molecule has 0 heterocycles. The number of unbranched alkanes of at least 4 members (excludes halogenated alkanes) is 5. The third-order valence-electron chi connectivity index (χ3n) is 5.19. The van der Waals surface area contributed by atoms with E-state index in [0.29, 0.717) is 11.8 Å². The summed E-state index contributed by atoms with van der Waals surface area (Å²) >= 11 is 0. The molecule has 0 aliphatic carbocycles. The zero-order chi connectivity index (χ0) is 20.8. The Bertz CT molecular complexity index is 492. The molecule has 1 unspecified atom stereocenters. The third kappa shape index (κ3) is 15.4. The topological polar surface area (TPSA) is 86.1 Å². The van der Waals surface area contributed by atoms with Crippen molar-refractivity contribution in [1.82, 2.24) is 0 Å². The second kappa shape index (κ2) is 13.8. The molecule has 0 aromatic carbocycles. The van der Waals surface area contributed by atoms with Crippen LogP contribution in [0.15, 0.2) is 17.3 Å². The molecule has 0 aromatic heterocycles. The Morgan fingerprint density at radius 1 is 1.07 bits per heavy atom. The highest BCUT2D eigenvalue weighted by atomic mass is 16.3. The van der Waals surface area contributed by atoms with E-state index in [9.17, 15) is 9.90 Å². The molecule has 0 aliphatic heterocycles. The lowest BCUT2D eigenvalue weighted by Crippen LogP contribution is -2.26. The van der Waals surface area contributed by atoms with Gasteiger partial charge >= 0.3 is 0 Å². The standard InChI is InChI=1S/C22H41N3O2/c1-6-21(2,3)18-22(4,5)17-19(26)15-13-11-9-7-8-10-12-14-16-20(27)24-25-23/h11,13,19,26H,6-10,12,14-18H2,1-5H3/b13-11-. The summed E-state index contributed by atoms with van der Waals surface area (Å²) in [4.78, 5) is 13.5. The fraction of sp³-hybridized carbons (Fsp3) is 0.864. The number of aliphatic hydroxyl groups excluding tert-OH is 1. The number of aliphatic hydroxyl groups is 1. The third-order valence-corrected chi connectivity index (χ3v) is 5.19. The van der Waals surface area contributed by atoms with Gasteiger partial charge in [0.2, 0.25) is 5.91 Å². The molecule has 0 aromatic rings. The highest BCUT2D eigenvalue weighted by Gasteiger charge is 2.29. The number of hydrogen-bond donors (Lipinski definition) is 1. The molecule has 0 rings (SSSR count). The molecule has 0 aliphatic rings. The Labute approximate surface area is 166 Å². The summed E-state index contributed by atoms with van der Waals surface area (Å²) in [6.07, 6.45) is 14.5. The van der Waals surface area contributed by atoms with Crippen molar-refractivity contribution >= 4 is 5.91 Å². The quantitative estimate of drug-likeness (QED) is 0.108. The van der Waals surface area contributed by atoms with Gasteiger partial charge in [0.25, 0.3) is 0 Å². The fourth-order valence-corrected chi connectivity index (χ4v) is 3.75. The van der Waals surface area contributed by atoms with Crippen molar-refractivity contribution in [3.63, 3.8) is 0 Å². The Morgan fingerprint density at radius 2 is 1.70 bits per heavy atom. The zero-order valence-electron chi connectivity index (χ0n) is 18.2. The number of carbonyl (C=O) groups excluding carboxylic acids is 1. The molecule has 1 atom stereocenters. The summed E-state index contributed by atoms with van der Waals surface area (Å²) in [6.45, 7) is 11.4. The zero-order valence-corrected chi connectivity index (χ0v) is 18.2. The van der Waals surface area contributed by atoms with E-state index in [2.05, 4.69) is 56.8 Å². The molecule has 0 radical (unpaired) electrons. The first-order valence-corrected chi connectivity index (χ1v) is 10.5. The van der Waals surface area contributed by atoms with Crippen LogP contribution in [0.4, 0.5) is 0 Å². The highest BCUT2D eigenvalue weighted by Crippen LogP contribution is 2.39. The molecule has 5 heteroatoms. The van der Waals surface area contributed by atoms with Crippen LogP contribution in [0.25, 0.3) is 10.4 Å². The van der Waals surface area contributed by atoms with Crippen molar-refractivity contribution in [2.45, 2.75) is 111 Å². The largest absolute Gasteiger partial charge is 0.393 e. The normalized spacial score (nSPS) is 13.6. The Balaban J connectivity index is 3.78. The first kappa shape index (κ1) is 25.7. The number of nitrogens with zero attached hydrogens (tertiary/aromatic N) is 3. The molecule has 0 saturated carbocycles. The van der Waals surface area contributed by atoms with E-state index in [4.69, 9.17) is 5.53 Å². The van der Waals surface area contributed by atoms with Crippen molar-refractivity contribution in [2.75, 3.05) is 0 Å². The Morgan fingerprint density at radius 3 is 2.33 bits per heavy atom. The van der Waals surface area contributed by atoms with E-state index in [1.54, 1.807) is 0 Å². The first-order chi connectivity index (χ1) is 12.6. The predicted octanol–water partition coefficient (Wildman–Crippen LogP) is 7.10. The van der Waals surface area contributed by atoms with Gasteiger partial charge in [0.1, 0.15) is 0 Å². The van der Waals surface area contributed by atoms with Crippen LogP contribution in [0.1, 0.15) is 105 Å². The molecular formula is C22H41N3O2. The molecule has 5 nitrogen and oxygen atoms in total. The summed E-state index contributed by atoms with van der Waals surface area (Å²) < 4.78 is 0. The van der Waals surface area contributed by atoms with Gasteiger partial charge in [-0.25, -0.2) is 0 Å². The molecule has 156 valence electrons. The van der Waals surface area contributed by atoms with E-state index < -0.39 is 0 Å². The van der Waals surface area contributed by atoms with Gasteiger partial charge in [-0.3, -0.25) is 4.79 Å². The maximum Gasteiger partial charge on any atom is 0.218 e. The van der Waals surface area contributed by atoms with Crippen LogP contribution in [-0.2, 0) is 4.79 Å². The maximum atomic E-state index is 11.0. The summed E-state index contributed by atoms with van der Waals surface area (Å²) in [6, 6.07) is 0. The van der Waals surface area contributed by atoms with Crippen LogP contribution in [0.3, 0.4) is 0 Å². The van der Waals surface area contributed by atoms with E-state index >= 15 is 0 Å². The SMILES string of the molecule is CCC(C)(C)CC(C)(C)CC(O)C/C=C\CCCCCCCC(=O)N=[N+]=[N-]. The molecule has 1 N–H and O–H groups in total. The molecule has 0 bridgehead atoms. The van der Waals surface area contributed by atoms with Crippen molar-refractivity contribution in [1.29, 1.82) is 0 Å². The maximum absolute atomic E-state index is 11.0. The minimum atomic E-state index is -0.361.